The average molecular weight is 467 g/mol. The first-order valence-corrected chi connectivity index (χ1v) is 11.1. The highest BCUT2D eigenvalue weighted by molar-refractivity contribution is 6.33. The van der Waals surface area contributed by atoms with Crippen molar-refractivity contribution in [2.24, 2.45) is 16.5 Å². The largest absolute Gasteiger partial charge is 0.383 e. The van der Waals surface area contributed by atoms with Gasteiger partial charge in [0.15, 0.2) is 0 Å². The molecule has 170 valence electrons. The quantitative estimate of drug-likeness (QED) is 0.260. The van der Waals surface area contributed by atoms with Gasteiger partial charge < -0.3 is 16.8 Å². The number of nitrogens with one attached hydrogen (secondary N) is 2. The molecule has 0 unspecified atom stereocenters. The summed E-state index contributed by atoms with van der Waals surface area (Å²) in [4.78, 5) is 4.41. The van der Waals surface area contributed by atoms with Gasteiger partial charge in [0.2, 0.25) is 0 Å². The molecule has 6 N–H and O–H groups in total. The van der Waals surface area contributed by atoms with Crippen LogP contribution in [-0.4, -0.2) is 37.7 Å². The van der Waals surface area contributed by atoms with Crippen LogP contribution in [0.3, 0.4) is 0 Å². The Morgan fingerprint density at radius 1 is 1.30 bits per heavy atom. The molecule has 3 heterocycles. The molecule has 8 nitrogen and oxygen atoms in total. The van der Waals surface area contributed by atoms with Gasteiger partial charge in [0.1, 0.15) is 11.7 Å². The molecule has 3 aromatic heterocycles. The summed E-state index contributed by atoms with van der Waals surface area (Å²) in [5, 5.41) is 15.6. The van der Waals surface area contributed by atoms with Crippen LogP contribution in [0.1, 0.15) is 30.5 Å². The summed E-state index contributed by atoms with van der Waals surface area (Å²) in [7, 11) is 0. The summed E-state index contributed by atoms with van der Waals surface area (Å²) in [5.74, 6) is -0.255. The summed E-state index contributed by atoms with van der Waals surface area (Å²) in [6.45, 7) is 1.97. The van der Waals surface area contributed by atoms with Gasteiger partial charge in [-0.1, -0.05) is 11.6 Å². The molecule has 1 saturated carbocycles. The van der Waals surface area contributed by atoms with Crippen LogP contribution >= 0.6 is 11.6 Å². The van der Waals surface area contributed by atoms with E-state index in [4.69, 9.17) is 23.1 Å². The minimum absolute atomic E-state index is 0.164. The molecule has 2 atom stereocenters. The molecule has 1 aromatic carbocycles. The van der Waals surface area contributed by atoms with Crippen molar-refractivity contribution in [3.63, 3.8) is 0 Å². The van der Waals surface area contributed by atoms with Crippen molar-refractivity contribution >= 4 is 34.3 Å². The van der Waals surface area contributed by atoms with Crippen LogP contribution in [0.2, 0.25) is 5.02 Å². The van der Waals surface area contributed by atoms with Gasteiger partial charge in [0.25, 0.3) is 0 Å². The lowest BCUT2D eigenvalue weighted by molar-refractivity contribution is 0.628. The van der Waals surface area contributed by atoms with Gasteiger partial charge in [-0.25, -0.2) is 13.9 Å². The van der Waals surface area contributed by atoms with E-state index in [1.165, 1.54) is 18.2 Å². The Labute approximate surface area is 194 Å². The van der Waals surface area contributed by atoms with Crippen LogP contribution in [0, 0.1) is 12.7 Å². The van der Waals surface area contributed by atoms with E-state index in [0.717, 1.165) is 47.3 Å². The highest BCUT2D eigenvalue weighted by atomic mass is 35.5. The second kappa shape index (κ2) is 8.49. The Bertz CT molecular complexity index is 1360. The van der Waals surface area contributed by atoms with Crippen LogP contribution in [0.4, 0.5) is 15.8 Å². The molecular formula is C23H24ClFN8. The number of fused-ring (bicyclic) bond motifs is 1. The van der Waals surface area contributed by atoms with E-state index in [1.54, 1.807) is 16.9 Å². The molecule has 0 spiro atoms. The summed E-state index contributed by atoms with van der Waals surface area (Å²) in [6, 6.07) is 6.38. The molecule has 0 amide bonds. The highest BCUT2D eigenvalue weighted by Crippen LogP contribution is 2.33. The number of rotatable bonds is 5. The van der Waals surface area contributed by atoms with Crippen LogP contribution in [-0.2, 0) is 0 Å². The number of aromatic nitrogens is 4. The SMILES string of the molecule is Cc1[nH]ncc1-c1cc2c(N[C@@H]3CC[C@H](N)C3)c(C(N)=Nc3cc(F)ccc3Cl)cnn2c1. The molecule has 5 rings (SSSR count). The summed E-state index contributed by atoms with van der Waals surface area (Å²) >= 11 is 6.20. The molecule has 0 saturated heterocycles. The molecule has 4 aromatic rings. The Hall–Kier alpha value is -3.43. The number of hydrogen-bond acceptors (Lipinski definition) is 5. The van der Waals surface area contributed by atoms with Gasteiger partial charge in [0.05, 0.1) is 39.9 Å². The van der Waals surface area contributed by atoms with E-state index >= 15 is 0 Å². The maximum atomic E-state index is 13.7. The first kappa shape index (κ1) is 21.4. The standard InChI is InChI=1S/C23H24ClFN8/c1-12-17(9-28-32-12)13-6-21-22(30-16-4-3-15(26)8-16)18(10-29-33(21)11-13)23(27)31-20-7-14(25)2-5-19(20)24/h2,5-7,9-11,15-16,30H,3-4,8,26H2,1H3,(H2,27,31)(H,28,32)/t15-,16+/m0/s1. The number of nitrogens with two attached hydrogens (primary N) is 2. The lowest BCUT2D eigenvalue weighted by atomic mass is 10.1. The number of aryl methyl sites for hydroxylation is 1. The van der Waals surface area contributed by atoms with Crippen molar-refractivity contribution < 1.29 is 4.39 Å². The third-order valence-electron chi connectivity index (χ3n) is 6.02. The molecule has 1 aliphatic carbocycles. The van der Waals surface area contributed by atoms with E-state index in [9.17, 15) is 4.39 Å². The summed E-state index contributed by atoms with van der Waals surface area (Å²) < 4.78 is 15.5. The zero-order valence-electron chi connectivity index (χ0n) is 18.0. The van der Waals surface area contributed by atoms with Crippen molar-refractivity contribution in [1.29, 1.82) is 0 Å². The topological polar surface area (TPSA) is 122 Å². The zero-order chi connectivity index (χ0) is 23.1. The minimum Gasteiger partial charge on any atom is -0.383 e. The predicted molar refractivity (Wildman–Crippen MR) is 129 cm³/mol. The number of hydrogen-bond donors (Lipinski definition) is 4. The van der Waals surface area contributed by atoms with Crippen molar-refractivity contribution in [3.05, 3.63) is 65.0 Å². The summed E-state index contributed by atoms with van der Waals surface area (Å²) in [5.41, 5.74) is 18.0. The lowest BCUT2D eigenvalue weighted by Gasteiger charge is -2.18. The zero-order valence-corrected chi connectivity index (χ0v) is 18.8. The Morgan fingerprint density at radius 2 is 2.15 bits per heavy atom. The normalized spacial score (nSPS) is 18.8. The van der Waals surface area contributed by atoms with Crippen LogP contribution < -0.4 is 16.8 Å². The second-order valence-electron chi connectivity index (χ2n) is 8.41. The fraction of sp³-hybridized carbons (Fsp3) is 0.261. The fourth-order valence-electron chi connectivity index (χ4n) is 4.30. The first-order valence-electron chi connectivity index (χ1n) is 10.7. The number of anilines is 1. The summed E-state index contributed by atoms with van der Waals surface area (Å²) in [6.07, 6.45) is 8.15. The Kier molecular flexibility index (Phi) is 5.51. The molecule has 0 bridgehead atoms. The van der Waals surface area contributed by atoms with Crippen molar-refractivity contribution in [2.45, 2.75) is 38.3 Å². The molecule has 1 fully saturated rings. The predicted octanol–water partition coefficient (Wildman–Crippen LogP) is 4.15. The molecule has 0 aliphatic heterocycles. The van der Waals surface area contributed by atoms with E-state index in [1.807, 2.05) is 19.2 Å². The van der Waals surface area contributed by atoms with E-state index in [-0.39, 0.29) is 23.6 Å². The highest BCUT2D eigenvalue weighted by Gasteiger charge is 2.24. The number of amidine groups is 1. The number of aliphatic imine (C=N–C) groups is 1. The molecule has 10 heteroatoms. The maximum Gasteiger partial charge on any atom is 0.135 e. The third-order valence-corrected chi connectivity index (χ3v) is 6.34. The van der Waals surface area contributed by atoms with Gasteiger partial charge in [-0.3, -0.25) is 5.10 Å². The van der Waals surface area contributed by atoms with Gasteiger partial charge in [-0.15, -0.1) is 0 Å². The van der Waals surface area contributed by atoms with Gasteiger partial charge in [-0.05, 0) is 44.4 Å². The molecular weight excluding hydrogens is 443 g/mol. The molecule has 1 aliphatic rings. The second-order valence-corrected chi connectivity index (χ2v) is 8.81. The number of benzene rings is 1. The van der Waals surface area contributed by atoms with E-state index in [2.05, 4.69) is 25.6 Å². The first-order chi connectivity index (χ1) is 15.9. The third kappa shape index (κ3) is 4.17. The number of aromatic amines is 1. The Balaban J connectivity index is 1.64. The van der Waals surface area contributed by atoms with Crippen molar-refractivity contribution in [2.75, 3.05) is 5.32 Å². The van der Waals surface area contributed by atoms with E-state index < -0.39 is 5.82 Å². The van der Waals surface area contributed by atoms with Crippen LogP contribution in [0.25, 0.3) is 16.6 Å². The van der Waals surface area contributed by atoms with E-state index in [0.29, 0.717) is 10.6 Å². The molecule has 0 radical (unpaired) electrons. The van der Waals surface area contributed by atoms with Crippen molar-refractivity contribution in [1.82, 2.24) is 19.8 Å². The van der Waals surface area contributed by atoms with Crippen molar-refractivity contribution in [3.8, 4) is 11.1 Å². The van der Waals surface area contributed by atoms with Gasteiger partial charge in [-0.2, -0.15) is 10.2 Å². The van der Waals surface area contributed by atoms with Crippen LogP contribution in [0.15, 0.2) is 47.8 Å². The minimum atomic E-state index is -0.440. The molecule has 33 heavy (non-hydrogen) atoms. The number of nitrogens with zero attached hydrogens (tertiary/aromatic N) is 4. The fourth-order valence-corrected chi connectivity index (χ4v) is 4.46. The lowest BCUT2D eigenvalue weighted by Crippen LogP contribution is -2.24. The maximum absolute atomic E-state index is 13.7. The van der Waals surface area contributed by atoms with Crippen LogP contribution in [0.5, 0.6) is 0 Å². The number of halogens is 2. The number of H-pyrrole nitrogens is 1. The Morgan fingerprint density at radius 3 is 2.88 bits per heavy atom. The smallest absolute Gasteiger partial charge is 0.135 e. The van der Waals surface area contributed by atoms with Gasteiger partial charge >= 0.3 is 0 Å². The average Bonchev–Trinajstić information content (AvgIpc) is 3.50. The van der Waals surface area contributed by atoms with Gasteiger partial charge in [0, 0.05) is 41.2 Å². The monoisotopic (exact) mass is 466 g/mol.